The number of carbonyl (C=O) groups excluding carboxylic acids is 1. The van der Waals surface area contributed by atoms with Gasteiger partial charge in [-0.1, -0.05) is 54.2 Å². The summed E-state index contributed by atoms with van der Waals surface area (Å²) < 4.78 is 22.6. The lowest BCUT2D eigenvalue weighted by Crippen LogP contribution is -2.18. The van der Waals surface area contributed by atoms with Gasteiger partial charge in [0.25, 0.3) is 5.91 Å². The Hall–Kier alpha value is -3.58. The molecule has 0 bridgehead atoms. The largest absolute Gasteiger partial charge is 0.389 e. The number of hydrogen-bond donors (Lipinski definition) is 3. The van der Waals surface area contributed by atoms with Gasteiger partial charge in [0, 0.05) is 22.5 Å². The smallest absolute Gasteiger partial charge is 0.267 e. The van der Waals surface area contributed by atoms with Crippen LogP contribution in [0.1, 0.15) is 5.56 Å². The second-order valence-electron chi connectivity index (χ2n) is 6.93. The molecule has 168 valence electrons. The molecule has 3 rings (SSSR count). The summed E-state index contributed by atoms with van der Waals surface area (Å²) in [6, 6.07) is 25.3. The lowest BCUT2D eigenvalue weighted by molar-refractivity contribution is -0.112. The fourth-order valence-electron chi connectivity index (χ4n) is 2.85. The maximum Gasteiger partial charge on any atom is 0.267 e. The number of nitrogens with two attached hydrogens (primary N) is 1. The highest BCUT2D eigenvalue weighted by molar-refractivity contribution is 7.99. The zero-order valence-electron chi connectivity index (χ0n) is 17.6. The van der Waals surface area contributed by atoms with E-state index in [-0.39, 0.29) is 10.5 Å². The van der Waals surface area contributed by atoms with Crippen LogP contribution in [-0.2, 0) is 21.2 Å². The molecular formula is C24H22N4O3S2. The Kier molecular flexibility index (Phi) is 8.27. The number of nitriles is 1. The van der Waals surface area contributed by atoms with Gasteiger partial charge in [0.05, 0.1) is 10.6 Å². The molecule has 7 nitrogen and oxygen atoms in total. The first-order valence-corrected chi connectivity index (χ1v) is 12.3. The van der Waals surface area contributed by atoms with E-state index in [1.54, 1.807) is 18.2 Å². The van der Waals surface area contributed by atoms with Crippen molar-refractivity contribution in [2.45, 2.75) is 21.1 Å². The van der Waals surface area contributed by atoms with Gasteiger partial charge < -0.3 is 10.6 Å². The number of anilines is 1. The van der Waals surface area contributed by atoms with Crippen LogP contribution in [0.15, 0.2) is 105 Å². The highest BCUT2D eigenvalue weighted by Crippen LogP contribution is 2.33. The number of carbonyl (C=O) groups is 1. The predicted octanol–water partition coefficient (Wildman–Crippen LogP) is 3.66. The lowest BCUT2D eigenvalue weighted by Gasteiger charge is -2.10. The number of rotatable bonds is 9. The number of nitrogens with one attached hydrogen (secondary N) is 2. The molecule has 3 aromatic carbocycles. The minimum Gasteiger partial charge on any atom is -0.389 e. The fourth-order valence-corrected chi connectivity index (χ4v) is 4.29. The second kappa shape index (κ2) is 11.3. The summed E-state index contributed by atoms with van der Waals surface area (Å²) >= 11 is 1.52. The van der Waals surface area contributed by atoms with E-state index in [0.29, 0.717) is 18.7 Å². The zero-order chi connectivity index (χ0) is 23.7. The summed E-state index contributed by atoms with van der Waals surface area (Å²) in [5.74, 6) is -0.511. The van der Waals surface area contributed by atoms with Gasteiger partial charge in [0.1, 0.15) is 11.6 Å². The van der Waals surface area contributed by atoms with E-state index in [4.69, 9.17) is 5.14 Å². The first-order chi connectivity index (χ1) is 15.9. The molecule has 0 heterocycles. The van der Waals surface area contributed by atoms with Crippen molar-refractivity contribution in [2.24, 2.45) is 5.14 Å². The average molecular weight is 479 g/mol. The Bertz CT molecular complexity index is 1280. The number of primary sulfonamides is 1. The molecule has 0 aliphatic carbocycles. The van der Waals surface area contributed by atoms with Crippen LogP contribution in [0.5, 0.6) is 0 Å². The van der Waals surface area contributed by atoms with Crippen molar-refractivity contribution in [1.82, 2.24) is 5.32 Å². The highest BCUT2D eigenvalue weighted by Gasteiger charge is 2.12. The van der Waals surface area contributed by atoms with Crippen molar-refractivity contribution in [3.8, 4) is 6.07 Å². The summed E-state index contributed by atoms with van der Waals surface area (Å²) in [6.45, 7) is 0.452. The molecule has 0 aromatic heterocycles. The van der Waals surface area contributed by atoms with E-state index in [2.05, 4.69) is 10.6 Å². The number of benzene rings is 3. The fraction of sp³-hybridized carbons (Fsp3) is 0.0833. The lowest BCUT2D eigenvalue weighted by atomic mass is 10.1. The van der Waals surface area contributed by atoms with E-state index in [0.717, 1.165) is 15.4 Å². The molecule has 0 spiro atoms. The van der Waals surface area contributed by atoms with Gasteiger partial charge in [-0.3, -0.25) is 4.79 Å². The molecule has 9 heteroatoms. The average Bonchev–Trinajstić information content (AvgIpc) is 2.81. The SMILES string of the molecule is N#C/C(=C/NCCc1ccc(S(N)(=O)=O)cc1)C(=O)Nc1ccccc1Sc1ccccc1. The standard InChI is InChI=1S/C24H22N4O3S2/c25-16-19(17-27-15-14-18-10-12-21(13-11-18)33(26,30)31)24(29)28-22-8-4-5-9-23(22)32-20-6-2-1-3-7-20/h1-13,17,27H,14-15H2,(H,28,29)(H2,26,30,31)/b19-17-. The molecule has 0 saturated heterocycles. The third-order valence-corrected chi connectivity index (χ3v) is 6.54. The first kappa shape index (κ1) is 24.1. The van der Waals surface area contributed by atoms with E-state index >= 15 is 0 Å². The number of nitrogens with zero attached hydrogens (tertiary/aromatic N) is 1. The van der Waals surface area contributed by atoms with Crippen LogP contribution in [0.4, 0.5) is 5.69 Å². The summed E-state index contributed by atoms with van der Waals surface area (Å²) in [5, 5.41) is 20.3. The predicted molar refractivity (Wildman–Crippen MR) is 129 cm³/mol. The minimum absolute atomic E-state index is 0.0493. The van der Waals surface area contributed by atoms with E-state index in [1.807, 2.05) is 54.6 Å². The highest BCUT2D eigenvalue weighted by atomic mass is 32.2. The molecular weight excluding hydrogens is 456 g/mol. The molecule has 0 saturated carbocycles. The van der Waals surface area contributed by atoms with E-state index < -0.39 is 15.9 Å². The van der Waals surface area contributed by atoms with Crippen molar-refractivity contribution < 1.29 is 13.2 Å². The number of hydrogen-bond acceptors (Lipinski definition) is 6. The molecule has 0 fully saturated rings. The normalized spacial score (nSPS) is 11.5. The van der Waals surface area contributed by atoms with Gasteiger partial charge in [0.15, 0.2) is 0 Å². The maximum atomic E-state index is 12.6. The summed E-state index contributed by atoms with van der Waals surface area (Å²) in [4.78, 5) is 14.6. The van der Waals surface area contributed by atoms with E-state index in [9.17, 15) is 18.5 Å². The number of sulfonamides is 1. The van der Waals surface area contributed by atoms with Crippen molar-refractivity contribution >= 4 is 33.4 Å². The Labute approximate surface area is 197 Å². The van der Waals surface area contributed by atoms with Crippen LogP contribution >= 0.6 is 11.8 Å². The zero-order valence-corrected chi connectivity index (χ0v) is 19.2. The van der Waals surface area contributed by atoms with Crippen LogP contribution in [0.3, 0.4) is 0 Å². The topological polar surface area (TPSA) is 125 Å². The Morgan fingerprint density at radius 1 is 1.00 bits per heavy atom. The van der Waals surface area contributed by atoms with Crippen molar-refractivity contribution in [1.29, 1.82) is 5.26 Å². The van der Waals surface area contributed by atoms with Crippen molar-refractivity contribution in [3.63, 3.8) is 0 Å². The summed E-state index contributed by atoms with van der Waals surface area (Å²) in [6.07, 6.45) is 1.94. The monoisotopic (exact) mass is 478 g/mol. The quantitative estimate of drug-likeness (QED) is 0.245. The van der Waals surface area contributed by atoms with Crippen molar-refractivity contribution in [2.75, 3.05) is 11.9 Å². The van der Waals surface area contributed by atoms with Crippen LogP contribution < -0.4 is 15.8 Å². The van der Waals surface area contributed by atoms with Gasteiger partial charge >= 0.3 is 0 Å². The van der Waals surface area contributed by atoms with Gasteiger partial charge in [0.2, 0.25) is 10.0 Å². The Balaban J connectivity index is 1.59. The van der Waals surface area contributed by atoms with Gasteiger partial charge in [-0.15, -0.1) is 0 Å². The maximum absolute atomic E-state index is 12.6. The molecule has 0 unspecified atom stereocenters. The van der Waals surface area contributed by atoms with Gasteiger partial charge in [-0.2, -0.15) is 5.26 Å². The van der Waals surface area contributed by atoms with Gasteiger partial charge in [-0.05, 0) is 48.4 Å². The number of para-hydroxylation sites is 1. The third-order valence-electron chi connectivity index (χ3n) is 4.53. The van der Waals surface area contributed by atoms with Crippen LogP contribution in [0.25, 0.3) is 0 Å². The van der Waals surface area contributed by atoms with Crippen LogP contribution in [-0.4, -0.2) is 20.9 Å². The third kappa shape index (κ3) is 7.22. The molecule has 1 amide bonds. The molecule has 0 aliphatic heterocycles. The number of amides is 1. The molecule has 0 aliphatic rings. The van der Waals surface area contributed by atoms with Gasteiger partial charge in [-0.25, -0.2) is 13.6 Å². The second-order valence-corrected chi connectivity index (χ2v) is 9.61. The summed E-state index contributed by atoms with van der Waals surface area (Å²) in [5.41, 5.74) is 1.45. The van der Waals surface area contributed by atoms with Crippen LogP contribution in [0, 0.1) is 11.3 Å². The first-order valence-electron chi connectivity index (χ1n) is 9.95. The van der Waals surface area contributed by atoms with Crippen LogP contribution in [0.2, 0.25) is 0 Å². The molecule has 0 atom stereocenters. The Morgan fingerprint density at radius 3 is 2.33 bits per heavy atom. The minimum atomic E-state index is -3.72. The molecule has 3 aromatic rings. The van der Waals surface area contributed by atoms with E-state index in [1.165, 1.54) is 30.1 Å². The summed E-state index contributed by atoms with van der Waals surface area (Å²) in [7, 11) is -3.72. The molecule has 0 radical (unpaired) electrons. The molecule has 33 heavy (non-hydrogen) atoms. The van der Waals surface area contributed by atoms with Crippen molar-refractivity contribution in [3.05, 3.63) is 96.2 Å². The Morgan fingerprint density at radius 2 is 1.67 bits per heavy atom. The molecule has 4 N–H and O–H groups in total.